The molecule has 0 saturated heterocycles. The molecule has 0 aromatic heterocycles. The molecule has 2 aromatic rings. The van der Waals surface area contributed by atoms with Crippen molar-refractivity contribution >= 4 is 23.5 Å². The number of halogens is 1. The summed E-state index contributed by atoms with van der Waals surface area (Å²) >= 11 is 6.20. The SMILES string of the molecule is COc1ccc(CCNC2=C(C(=O)OC(C)(C)C)C(c3ccc(Cl)cc3)C(C(=O)OC(C)(C)C)C(C)(O)C2)cc1OC. The lowest BCUT2D eigenvalue weighted by molar-refractivity contribution is -0.171. The minimum absolute atomic E-state index is 0.0154. The van der Waals surface area contributed by atoms with Crippen molar-refractivity contribution in [2.45, 2.75) is 84.0 Å². The second-order valence-electron chi connectivity index (χ2n) is 12.8. The molecule has 0 bridgehead atoms. The molecule has 0 fully saturated rings. The molecule has 0 amide bonds. The number of hydrogen-bond acceptors (Lipinski definition) is 8. The lowest BCUT2D eigenvalue weighted by Crippen LogP contribution is -2.52. The number of hydrogen-bond donors (Lipinski definition) is 2. The van der Waals surface area contributed by atoms with Gasteiger partial charge in [0.15, 0.2) is 11.5 Å². The number of carbonyl (C=O) groups is 2. The quantitative estimate of drug-likeness (QED) is 0.338. The number of rotatable bonds is 9. The minimum atomic E-state index is -1.55. The van der Waals surface area contributed by atoms with Gasteiger partial charge in [-0.3, -0.25) is 4.79 Å². The van der Waals surface area contributed by atoms with Crippen LogP contribution in [0.4, 0.5) is 0 Å². The Morgan fingerprint density at radius 1 is 0.952 bits per heavy atom. The van der Waals surface area contributed by atoms with Gasteiger partial charge >= 0.3 is 11.9 Å². The van der Waals surface area contributed by atoms with Gasteiger partial charge in [-0.2, -0.15) is 0 Å². The van der Waals surface area contributed by atoms with Crippen molar-refractivity contribution in [3.8, 4) is 11.5 Å². The van der Waals surface area contributed by atoms with Crippen LogP contribution in [0.15, 0.2) is 53.7 Å². The second kappa shape index (κ2) is 13.0. The lowest BCUT2D eigenvalue weighted by atomic mass is 9.65. The third kappa shape index (κ3) is 8.42. The van der Waals surface area contributed by atoms with Crippen LogP contribution in [-0.2, 0) is 25.5 Å². The van der Waals surface area contributed by atoms with E-state index in [1.807, 2.05) is 18.2 Å². The molecule has 1 aliphatic rings. The van der Waals surface area contributed by atoms with Gasteiger partial charge in [0, 0.05) is 29.6 Å². The van der Waals surface area contributed by atoms with Gasteiger partial charge in [-0.25, -0.2) is 4.79 Å². The van der Waals surface area contributed by atoms with Crippen LogP contribution in [0.25, 0.3) is 0 Å². The minimum Gasteiger partial charge on any atom is -0.493 e. The smallest absolute Gasteiger partial charge is 0.336 e. The summed E-state index contributed by atoms with van der Waals surface area (Å²) in [6.07, 6.45) is 0.607. The number of ether oxygens (including phenoxy) is 4. The van der Waals surface area contributed by atoms with Gasteiger partial charge in [-0.05, 0) is 90.3 Å². The first-order valence-corrected chi connectivity index (χ1v) is 14.5. The topological polar surface area (TPSA) is 103 Å². The number of nitrogens with one attached hydrogen (secondary N) is 1. The first-order valence-electron chi connectivity index (χ1n) is 14.1. The maximum Gasteiger partial charge on any atom is 0.336 e. The molecule has 1 aliphatic carbocycles. The molecule has 0 aliphatic heterocycles. The standard InChI is InChI=1S/C33H44ClNO7/c1-31(2,3)41-29(36)27-23(35-17-16-20-10-15-24(39-8)25(18-20)40-9)19-33(7,38)28(30(37)42-32(4,5)6)26(27)21-11-13-22(34)14-12-21/h10-15,18,26,28,35,38H,16-17,19H2,1-9H3. The summed E-state index contributed by atoms with van der Waals surface area (Å²) < 4.78 is 22.4. The fourth-order valence-electron chi connectivity index (χ4n) is 5.20. The molecular formula is C33H44ClNO7. The van der Waals surface area contributed by atoms with Crippen molar-refractivity contribution in [1.29, 1.82) is 0 Å². The fraction of sp³-hybridized carbons (Fsp3) is 0.515. The summed E-state index contributed by atoms with van der Waals surface area (Å²) in [4.78, 5) is 27.6. The van der Waals surface area contributed by atoms with Gasteiger partial charge in [0.1, 0.15) is 11.2 Å². The van der Waals surface area contributed by atoms with E-state index in [0.29, 0.717) is 40.7 Å². The number of esters is 2. The Bertz CT molecular complexity index is 1300. The number of benzene rings is 2. The first-order chi connectivity index (χ1) is 19.5. The molecule has 3 unspecified atom stereocenters. The predicted octanol–water partition coefficient (Wildman–Crippen LogP) is 5.98. The van der Waals surface area contributed by atoms with E-state index in [9.17, 15) is 14.7 Å². The van der Waals surface area contributed by atoms with Crippen molar-refractivity contribution in [2.75, 3.05) is 20.8 Å². The first kappa shape index (κ1) is 33.3. The van der Waals surface area contributed by atoms with Crippen LogP contribution in [0, 0.1) is 5.92 Å². The van der Waals surface area contributed by atoms with Crippen molar-refractivity contribution in [1.82, 2.24) is 5.32 Å². The van der Waals surface area contributed by atoms with Crippen molar-refractivity contribution < 1.29 is 33.6 Å². The zero-order chi connectivity index (χ0) is 31.5. The summed E-state index contributed by atoms with van der Waals surface area (Å²) in [7, 11) is 3.17. The summed E-state index contributed by atoms with van der Waals surface area (Å²) in [5.74, 6) is -1.87. The number of carbonyl (C=O) groups excluding carboxylic acids is 2. The highest BCUT2D eigenvalue weighted by molar-refractivity contribution is 6.30. The van der Waals surface area contributed by atoms with E-state index >= 15 is 0 Å². The average molecular weight is 602 g/mol. The number of aliphatic hydroxyl groups is 1. The molecule has 2 N–H and O–H groups in total. The van der Waals surface area contributed by atoms with Gasteiger partial charge in [0.05, 0.1) is 31.3 Å². The van der Waals surface area contributed by atoms with Crippen LogP contribution < -0.4 is 14.8 Å². The van der Waals surface area contributed by atoms with E-state index in [2.05, 4.69) is 5.32 Å². The van der Waals surface area contributed by atoms with E-state index in [4.69, 9.17) is 30.5 Å². The van der Waals surface area contributed by atoms with Crippen LogP contribution in [0.3, 0.4) is 0 Å². The average Bonchev–Trinajstić information content (AvgIpc) is 2.85. The Labute approximate surface area is 254 Å². The second-order valence-corrected chi connectivity index (χ2v) is 13.3. The molecule has 2 aromatic carbocycles. The Kier molecular flexibility index (Phi) is 10.3. The van der Waals surface area contributed by atoms with Crippen LogP contribution in [-0.4, -0.2) is 54.6 Å². The van der Waals surface area contributed by atoms with E-state index in [1.165, 1.54) is 0 Å². The van der Waals surface area contributed by atoms with E-state index in [-0.39, 0.29) is 12.0 Å². The molecule has 3 atom stereocenters. The Hall–Kier alpha value is -3.23. The Balaban J connectivity index is 2.11. The maximum absolute atomic E-state index is 13.9. The summed E-state index contributed by atoms with van der Waals surface area (Å²) in [6, 6.07) is 12.6. The van der Waals surface area contributed by atoms with Gasteiger partial charge < -0.3 is 29.4 Å². The van der Waals surface area contributed by atoms with Gasteiger partial charge in [0.25, 0.3) is 0 Å². The third-order valence-electron chi connectivity index (χ3n) is 6.88. The van der Waals surface area contributed by atoms with E-state index in [0.717, 1.165) is 5.56 Å². The lowest BCUT2D eigenvalue weighted by Gasteiger charge is -2.44. The highest BCUT2D eigenvalue weighted by Crippen LogP contribution is 2.48. The molecule has 0 saturated carbocycles. The van der Waals surface area contributed by atoms with Crippen LogP contribution in [0.2, 0.25) is 5.02 Å². The zero-order valence-corrected chi connectivity index (χ0v) is 26.8. The molecular weight excluding hydrogens is 558 g/mol. The highest BCUT2D eigenvalue weighted by atomic mass is 35.5. The predicted molar refractivity (Wildman–Crippen MR) is 163 cm³/mol. The summed E-state index contributed by atoms with van der Waals surface area (Å²) in [5.41, 5.74) is -0.731. The van der Waals surface area contributed by atoms with Gasteiger partial charge in [0.2, 0.25) is 0 Å². The molecule has 9 heteroatoms. The van der Waals surface area contributed by atoms with Crippen LogP contribution in [0.1, 0.15) is 71.9 Å². The van der Waals surface area contributed by atoms with Crippen LogP contribution in [0.5, 0.6) is 11.5 Å². The maximum atomic E-state index is 13.9. The molecule has 42 heavy (non-hydrogen) atoms. The third-order valence-corrected chi connectivity index (χ3v) is 7.13. The van der Waals surface area contributed by atoms with Gasteiger partial charge in [-0.1, -0.05) is 29.8 Å². The Morgan fingerprint density at radius 3 is 2.10 bits per heavy atom. The van der Waals surface area contributed by atoms with Crippen molar-refractivity contribution in [3.05, 3.63) is 69.9 Å². The molecule has 230 valence electrons. The van der Waals surface area contributed by atoms with E-state index < -0.39 is 40.6 Å². The molecule has 3 rings (SSSR count). The van der Waals surface area contributed by atoms with Crippen molar-refractivity contribution in [2.24, 2.45) is 5.92 Å². The normalized spacial score (nSPS) is 21.0. The molecule has 0 heterocycles. The van der Waals surface area contributed by atoms with Gasteiger partial charge in [-0.15, -0.1) is 0 Å². The molecule has 0 radical (unpaired) electrons. The van der Waals surface area contributed by atoms with Crippen LogP contribution >= 0.6 is 11.6 Å². The largest absolute Gasteiger partial charge is 0.493 e. The zero-order valence-electron chi connectivity index (χ0n) is 26.1. The summed E-state index contributed by atoms with van der Waals surface area (Å²) in [6.45, 7) is 12.7. The monoisotopic (exact) mass is 601 g/mol. The highest BCUT2D eigenvalue weighted by Gasteiger charge is 2.53. The van der Waals surface area contributed by atoms with Crippen molar-refractivity contribution in [3.63, 3.8) is 0 Å². The van der Waals surface area contributed by atoms with E-state index in [1.54, 1.807) is 87.0 Å². The summed E-state index contributed by atoms with van der Waals surface area (Å²) in [5, 5.41) is 15.8. The Morgan fingerprint density at radius 2 is 1.55 bits per heavy atom. The number of methoxy groups -OCH3 is 2. The molecule has 8 nitrogen and oxygen atoms in total. The molecule has 0 spiro atoms. The fourth-order valence-corrected chi connectivity index (χ4v) is 5.32.